The second kappa shape index (κ2) is 7.44. The molecule has 3 amide bonds. The van der Waals surface area contributed by atoms with Gasteiger partial charge in [-0.2, -0.15) is 0 Å². The van der Waals surface area contributed by atoms with Gasteiger partial charge in [-0.3, -0.25) is 9.63 Å². The molecule has 1 aliphatic heterocycles. The number of urea groups is 1. The van der Waals surface area contributed by atoms with Crippen molar-refractivity contribution in [3.63, 3.8) is 0 Å². The van der Waals surface area contributed by atoms with Crippen molar-refractivity contribution < 1.29 is 14.4 Å². The molecular formula is C13H19N5O3. The highest BCUT2D eigenvalue weighted by Crippen LogP contribution is 2.05. The van der Waals surface area contributed by atoms with Crippen LogP contribution >= 0.6 is 0 Å². The number of rotatable bonds is 4. The number of pyridine rings is 1. The normalized spacial score (nSPS) is 14.6. The first kappa shape index (κ1) is 15.0. The first-order chi connectivity index (χ1) is 10.1. The van der Waals surface area contributed by atoms with E-state index in [1.807, 2.05) is 0 Å². The van der Waals surface area contributed by atoms with Crippen LogP contribution in [0.2, 0.25) is 0 Å². The molecule has 2 rings (SSSR count). The first-order valence-electron chi connectivity index (χ1n) is 6.80. The van der Waals surface area contributed by atoms with Crippen LogP contribution in [0.15, 0.2) is 18.3 Å². The average Bonchev–Trinajstić information content (AvgIpc) is 2.53. The Labute approximate surface area is 122 Å². The van der Waals surface area contributed by atoms with E-state index in [0.29, 0.717) is 25.5 Å². The molecule has 0 atom stereocenters. The Bertz CT molecular complexity index is 485. The summed E-state index contributed by atoms with van der Waals surface area (Å²) in [5.41, 5.74) is 6.29. The van der Waals surface area contributed by atoms with Crippen LogP contribution in [0.1, 0.15) is 18.4 Å². The van der Waals surface area contributed by atoms with E-state index in [-0.39, 0.29) is 12.5 Å². The van der Waals surface area contributed by atoms with E-state index in [2.05, 4.69) is 15.6 Å². The number of aromatic nitrogens is 1. The molecule has 0 unspecified atom stereocenters. The number of nitrogen functional groups attached to an aromatic ring is 1. The smallest absolute Gasteiger partial charge is 0.315 e. The van der Waals surface area contributed by atoms with Crippen molar-refractivity contribution in [3.05, 3.63) is 23.9 Å². The van der Waals surface area contributed by atoms with Gasteiger partial charge < -0.3 is 16.4 Å². The molecule has 0 aromatic carbocycles. The van der Waals surface area contributed by atoms with E-state index in [1.165, 1.54) is 5.06 Å². The number of hydrogen-bond donors (Lipinski definition) is 3. The zero-order valence-electron chi connectivity index (χ0n) is 11.7. The van der Waals surface area contributed by atoms with Crippen LogP contribution in [0.25, 0.3) is 0 Å². The highest BCUT2D eigenvalue weighted by atomic mass is 16.7. The van der Waals surface area contributed by atoms with Crippen LogP contribution in [0, 0.1) is 0 Å². The minimum Gasteiger partial charge on any atom is -0.384 e. The van der Waals surface area contributed by atoms with E-state index in [1.54, 1.807) is 18.3 Å². The monoisotopic (exact) mass is 293 g/mol. The maximum atomic E-state index is 11.7. The molecule has 2 heterocycles. The van der Waals surface area contributed by atoms with Gasteiger partial charge in [-0.15, -0.1) is 0 Å². The predicted octanol–water partition coefficient (Wildman–Crippen LogP) is 0.0170. The molecule has 1 aromatic rings. The van der Waals surface area contributed by atoms with E-state index in [4.69, 9.17) is 10.6 Å². The molecular weight excluding hydrogens is 274 g/mol. The molecule has 1 aromatic heterocycles. The molecule has 0 saturated carbocycles. The lowest BCUT2D eigenvalue weighted by atomic mass is 10.3. The van der Waals surface area contributed by atoms with Crippen molar-refractivity contribution in [1.29, 1.82) is 0 Å². The van der Waals surface area contributed by atoms with Gasteiger partial charge >= 0.3 is 6.03 Å². The van der Waals surface area contributed by atoms with Gasteiger partial charge in [0.2, 0.25) is 0 Å². The molecule has 114 valence electrons. The van der Waals surface area contributed by atoms with Crippen molar-refractivity contribution in [1.82, 2.24) is 20.7 Å². The van der Waals surface area contributed by atoms with Crippen LogP contribution in [-0.4, -0.2) is 41.7 Å². The number of carbonyl (C=O) groups excluding carboxylic acids is 2. The third kappa shape index (κ3) is 4.92. The van der Waals surface area contributed by atoms with E-state index in [0.717, 1.165) is 18.4 Å². The molecule has 8 nitrogen and oxygen atoms in total. The first-order valence-corrected chi connectivity index (χ1v) is 6.80. The van der Waals surface area contributed by atoms with Crippen LogP contribution in [0.3, 0.4) is 0 Å². The quantitative estimate of drug-likeness (QED) is 0.725. The third-order valence-corrected chi connectivity index (χ3v) is 2.98. The fourth-order valence-electron chi connectivity index (χ4n) is 1.82. The van der Waals surface area contributed by atoms with Crippen LogP contribution in [0.4, 0.5) is 10.6 Å². The summed E-state index contributed by atoms with van der Waals surface area (Å²) < 4.78 is 0. The number of hydrogen-bond acceptors (Lipinski definition) is 5. The largest absolute Gasteiger partial charge is 0.384 e. The highest BCUT2D eigenvalue weighted by Gasteiger charge is 2.17. The fourth-order valence-corrected chi connectivity index (χ4v) is 1.82. The van der Waals surface area contributed by atoms with Gasteiger partial charge in [0, 0.05) is 19.3 Å². The van der Waals surface area contributed by atoms with Gasteiger partial charge in [-0.1, -0.05) is 6.07 Å². The number of nitrogens with zero attached hydrogens (tertiary/aromatic N) is 2. The SMILES string of the molecule is Nc1ccc(CNC(=O)NCC(=O)N2CCCCO2)cn1. The van der Waals surface area contributed by atoms with Crippen LogP contribution in [-0.2, 0) is 16.2 Å². The summed E-state index contributed by atoms with van der Waals surface area (Å²) in [7, 11) is 0. The zero-order chi connectivity index (χ0) is 15.1. The fraction of sp³-hybridized carbons (Fsp3) is 0.462. The summed E-state index contributed by atoms with van der Waals surface area (Å²) in [5.74, 6) is 0.175. The Hall–Kier alpha value is -2.35. The highest BCUT2D eigenvalue weighted by molar-refractivity contribution is 5.83. The number of nitrogens with two attached hydrogens (primary N) is 1. The molecule has 0 aliphatic carbocycles. The summed E-state index contributed by atoms with van der Waals surface area (Å²) in [6.45, 7) is 1.33. The number of nitrogens with one attached hydrogen (secondary N) is 2. The van der Waals surface area contributed by atoms with Crippen LogP contribution < -0.4 is 16.4 Å². The summed E-state index contributed by atoms with van der Waals surface area (Å²) in [4.78, 5) is 32.5. The van der Waals surface area contributed by atoms with Crippen molar-refractivity contribution in [2.75, 3.05) is 25.4 Å². The summed E-state index contributed by atoms with van der Waals surface area (Å²) in [6, 6.07) is 3.01. The minimum atomic E-state index is -0.419. The predicted molar refractivity (Wildman–Crippen MR) is 75.8 cm³/mol. The number of carbonyl (C=O) groups is 2. The molecule has 0 bridgehead atoms. The van der Waals surface area contributed by atoms with Gasteiger partial charge in [0.1, 0.15) is 12.4 Å². The van der Waals surface area contributed by atoms with Gasteiger partial charge in [-0.05, 0) is 24.5 Å². The van der Waals surface area contributed by atoms with Gasteiger partial charge in [0.25, 0.3) is 5.91 Å². The summed E-state index contributed by atoms with van der Waals surface area (Å²) in [5, 5.41) is 6.43. The lowest BCUT2D eigenvalue weighted by molar-refractivity contribution is -0.195. The number of hydroxylamine groups is 2. The molecule has 0 radical (unpaired) electrons. The molecule has 1 aliphatic rings. The standard InChI is InChI=1S/C13H19N5O3/c14-11-4-3-10(7-15-11)8-16-13(20)17-9-12(19)18-5-1-2-6-21-18/h3-4,7H,1-2,5-6,8-9H2,(H2,14,15)(H2,16,17,20). The Morgan fingerprint density at radius 3 is 2.86 bits per heavy atom. The zero-order valence-corrected chi connectivity index (χ0v) is 11.7. The third-order valence-electron chi connectivity index (χ3n) is 2.98. The summed E-state index contributed by atoms with van der Waals surface area (Å²) in [6.07, 6.45) is 3.46. The average molecular weight is 293 g/mol. The van der Waals surface area contributed by atoms with Gasteiger partial charge in [0.15, 0.2) is 0 Å². The maximum Gasteiger partial charge on any atom is 0.315 e. The second-order valence-corrected chi connectivity index (χ2v) is 4.66. The Kier molecular flexibility index (Phi) is 5.33. The van der Waals surface area contributed by atoms with E-state index in [9.17, 15) is 9.59 Å². The molecule has 4 N–H and O–H groups in total. The van der Waals surface area contributed by atoms with Crippen molar-refractivity contribution in [3.8, 4) is 0 Å². The minimum absolute atomic E-state index is 0.0914. The van der Waals surface area contributed by atoms with Crippen LogP contribution in [0.5, 0.6) is 0 Å². The van der Waals surface area contributed by atoms with Gasteiger partial charge in [-0.25, -0.2) is 14.8 Å². The molecule has 1 saturated heterocycles. The Balaban J connectivity index is 1.67. The molecule has 8 heteroatoms. The Morgan fingerprint density at radius 2 is 2.19 bits per heavy atom. The molecule has 0 spiro atoms. The van der Waals surface area contributed by atoms with Crippen molar-refractivity contribution in [2.45, 2.75) is 19.4 Å². The number of amides is 3. The maximum absolute atomic E-state index is 11.7. The van der Waals surface area contributed by atoms with Crippen molar-refractivity contribution in [2.24, 2.45) is 0 Å². The van der Waals surface area contributed by atoms with E-state index < -0.39 is 6.03 Å². The van der Waals surface area contributed by atoms with Gasteiger partial charge in [0.05, 0.1) is 6.61 Å². The molecule has 1 fully saturated rings. The molecule has 21 heavy (non-hydrogen) atoms. The Morgan fingerprint density at radius 1 is 1.33 bits per heavy atom. The summed E-state index contributed by atoms with van der Waals surface area (Å²) >= 11 is 0. The number of anilines is 1. The van der Waals surface area contributed by atoms with E-state index >= 15 is 0 Å². The van der Waals surface area contributed by atoms with Crippen molar-refractivity contribution >= 4 is 17.8 Å². The lowest BCUT2D eigenvalue weighted by Gasteiger charge is -2.25. The lowest BCUT2D eigenvalue weighted by Crippen LogP contribution is -2.45. The second-order valence-electron chi connectivity index (χ2n) is 4.66. The topological polar surface area (TPSA) is 110 Å².